The van der Waals surface area contributed by atoms with Gasteiger partial charge in [-0.05, 0) is 269 Å². The molecule has 4 amide bonds. The summed E-state index contributed by atoms with van der Waals surface area (Å²) in [4.78, 5) is 92.7. The van der Waals surface area contributed by atoms with Crippen molar-refractivity contribution in [3.8, 4) is 56.8 Å². The van der Waals surface area contributed by atoms with Crippen molar-refractivity contribution in [2.24, 2.45) is 0 Å². The molecule has 4 fully saturated rings. The first-order valence-corrected chi connectivity index (χ1v) is 48.4. The first-order valence-electron chi connectivity index (χ1n) is 45.1. The van der Waals surface area contributed by atoms with Gasteiger partial charge in [-0.15, -0.1) is 0 Å². The normalized spacial score (nSPS) is 14.4. The second-order valence-corrected chi connectivity index (χ2v) is 40.4. The van der Waals surface area contributed by atoms with Crippen LogP contribution in [-0.2, 0) is 18.9 Å². The molecule has 4 saturated heterocycles. The number of para-hydroxylation sites is 3. The Kier molecular flexibility index (Phi) is 37.5. The Balaban J connectivity index is 0.000000167. The molecule has 0 atom stereocenters. The lowest BCUT2D eigenvalue weighted by Crippen LogP contribution is -2.42. The van der Waals surface area contributed by atoms with Crippen LogP contribution in [-0.4, -0.2) is 211 Å². The summed E-state index contributed by atoms with van der Waals surface area (Å²) in [7, 11) is -1.44. The summed E-state index contributed by atoms with van der Waals surface area (Å²) in [6, 6.07) is 52.0. The van der Waals surface area contributed by atoms with Gasteiger partial charge in [0.25, 0.3) is 0 Å². The van der Waals surface area contributed by atoms with E-state index in [9.17, 15) is 24.3 Å². The summed E-state index contributed by atoms with van der Waals surface area (Å²) in [6.07, 6.45) is 19.0. The minimum absolute atomic E-state index is 0. The molecule has 4 aliphatic heterocycles. The maximum absolute atomic E-state index is 12.5. The summed E-state index contributed by atoms with van der Waals surface area (Å²) in [5.74, 6) is 4.95. The molecule has 0 spiro atoms. The summed E-state index contributed by atoms with van der Waals surface area (Å²) in [5, 5.41) is 32.0. The zero-order chi connectivity index (χ0) is 98.0. The number of amides is 4. The van der Waals surface area contributed by atoms with Gasteiger partial charge in [-0.3, -0.25) is 0 Å². The van der Waals surface area contributed by atoms with E-state index in [1.807, 2.05) is 229 Å². The van der Waals surface area contributed by atoms with E-state index in [0.29, 0.717) is 104 Å². The van der Waals surface area contributed by atoms with Crippen LogP contribution >= 0.6 is 80.0 Å². The molecule has 33 nitrogen and oxygen atoms in total. The smallest absolute Gasteiger partial charge is 0.457 e. The molecule has 0 unspecified atom stereocenters. The number of rotatable bonds is 12. The number of hydrogen-bond acceptors (Lipinski definition) is 24. The number of nitrogens with two attached hydrogens (primary N) is 1. The van der Waals surface area contributed by atoms with E-state index < -0.39 is 29.5 Å². The first-order chi connectivity index (χ1) is 65.2. The summed E-state index contributed by atoms with van der Waals surface area (Å²) >= 11 is 23.0. The highest BCUT2D eigenvalue weighted by atomic mass is 127. The molecule has 0 aliphatic carbocycles. The minimum atomic E-state index is -1.44. The Morgan fingerprint density at radius 2 is 0.683 bits per heavy atom. The van der Waals surface area contributed by atoms with E-state index in [1.54, 1.807) is 43.9 Å². The van der Waals surface area contributed by atoms with Gasteiger partial charge in [0.2, 0.25) is 0 Å². The Morgan fingerprint density at radius 1 is 0.388 bits per heavy atom. The van der Waals surface area contributed by atoms with Crippen LogP contribution in [0.5, 0.6) is 34.5 Å². The number of fused-ring (bicyclic) bond motifs is 4. The van der Waals surface area contributed by atoms with Crippen molar-refractivity contribution in [3.63, 3.8) is 0 Å². The van der Waals surface area contributed by atoms with Gasteiger partial charge in [-0.1, -0.05) is 126 Å². The number of aliphatic hydroxyl groups excluding tert-OH is 1. The van der Waals surface area contributed by atoms with Crippen molar-refractivity contribution in [2.75, 3.05) is 58.1 Å². The molecule has 139 heavy (non-hydrogen) atoms. The average molecular weight is 2180 g/mol. The van der Waals surface area contributed by atoms with Crippen molar-refractivity contribution >= 4 is 167 Å². The topological polar surface area (TPSA) is 433 Å². The van der Waals surface area contributed by atoms with Crippen LogP contribution in [0.15, 0.2) is 214 Å². The van der Waals surface area contributed by atoms with Gasteiger partial charge in [-0.25, -0.2) is 59.0 Å². The fourth-order valence-electron chi connectivity index (χ4n) is 15.6. The quantitative estimate of drug-likeness (QED) is 0.0286. The van der Waals surface area contributed by atoms with Crippen molar-refractivity contribution in [1.29, 1.82) is 0 Å². The largest absolute Gasteiger partial charge is 0.488 e. The molecule has 6 aromatic carbocycles. The Labute approximate surface area is 850 Å². The number of nitrogens with zero attached hydrogens (tertiary/aromatic N) is 15. The van der Waals surface area contributed by atoms with Crippen LogP contribution in [0.25, 0.3) is 66.4 Å². The number of nitrogens with one attached hydrogen (secondary N) is 1. The third-order valence-electron chi connectivity index (χ3n) is 22.2. The Hall–Kier alpha value is -11.7. The van der Waals surface area contributed by atoms with E-state index in [2.05, 4.69) is 122 Å². The number of nitrogen functional groups attached to an aromatic ring is 1. The third-order valence-corrected chi connectivity index (χ3v) is 24.7. The average Bonchev–Trinajstić information content (AvgIpc) is 1.62. The van der Waals surface area contributed by atoms with Crippen molar-refractivity contribution < 1.29 is 73.0 Å². The lowest BCUT2D eigenvalue weighted by molar-refractivity contribution is 0.00970. The lowest BCUT2D eigenvalue weighted by atomic mass is 9.80. The number of ether oxygens (including phenoxy) is 7. The van der Waals surface area contributed by atoms with E-state index in [-0.39, 0.29) is 54.2 Å². The number of likely N-dealkylation sites (tertiary alicyclic amines) is 4. The molecular weight excluding hydrogens is 2060 g/mol. The molecule has 8 aromatic heterocycles. The maximum Gasteiger partial charge on any atom is 0.488 e. The number of aliphatic hydroxyl groups is 1. The van der Waals surface area contributed by atoms with Gasteiger partial charge in [0.1, 0.15) is 126 Å². The van der Waals surface area contributed by atoms with Crippen molar-refractivity contribution in [1.82, 2.24) is 84.3 Å². The van der Waals surface area contributed by atoms with E-state index in [1.165, 1.54) is 25.3 Å². The predicted octanol–water partition coefficient (Wildman–Crippen LogP) is 21.5. The zero-order valence-electron chi connectivity index (χ0n) is 79.6. The molecule has 0 bridgehead atoms. The number of benzene rings is 6. The van der Waals surface area contributed by atoms with Crippen LogP contribution in [0, 0.1) is 7.14 Å². The van der Waals surface area contributed by atoms with E-state index >= 15 is 0 Å². The van der Waals surface area contributed by atoms with Gasteiger partial charge in [0.05, 0.1) is 27.6 Å². The van der Waals surface area contributed by atoms with Gasteiger partial charge in [0.15, 0.2) is 0 Å². The highest BCUT2D eigenvalue weighted by Gasteiger charge is 2.35. The number of aromatic nitrogens is 12. The van der Waals surface area contributed by atoms with Gasteiger partial charge >= 0.3 is 31.5 Å². The molecule has 18 rings (SSSR count). The van der Waals surface area contributed by atoms with Crippen molar-refractivity contribution in [2.45, 2.75) is 181 Å². The van der Waals surface area contributed by atoms with E-state index in [4.69, 9.17) is 83.7 Å². The number of piperidine rings is 4. The first kappa shape index (κ1) is 108. The number of carbonyl (C=O) groups excluding carboxylic acids is 4. The zero-order valence-corrected chi connectivity index (χ0v) is 86.2. The summed E-state index contributed by atoms with van der Waals surface area (Å²) in [6.45, 7) is 27.5. The Morgan fingerprint density at radius 3 is 1.04 bits per heavy atom. The molecule has 14 aromatic rings. The lowest BCUT2D eigenvalue weighted by Gasteiger charge is -2.34. The Bertz CT molecular complexity index is 6170. The van der Waals surface area contributed by atoms with Gasteiger partial charge < -0.3 is 104 Å². The highest BCUT2D eigenvalue weighted by molar-refractivity contribution is 14.1. The molecule has 12 heterocycles. The number of halogens is 5. The summed E-state index contributed by atoms with van der Waals surface area (Å²) < 4.78 is 47.8. The van der Waals surface area contributed by atoms with Crippen LogP contribution in [0.3, 0.4) is 0 Å². The second kappa shape index (κ2) is 48.4. The number of aromatic amines is 1. The minimum Gasteiger partial charge on any atom is -0.457 e. The molecule has 0 saturated carbocycles. The van der Waals surface area contributed by atoms with Gasteiger partial charge in [-0.2, -0.15) is 0 Å². The maximum atomic E-state index is 12.5. The number of hydrogen-bond donors (Lipinski definition) is 6. The molecule has 736 valence electrons. The third kappa shape index (κ3) is 29.9. The SMILES string of the molecule is CC(C)(C)OC(=O)N1CCC(O)CC1.CC(C)(C)OC(=O)N1CCC(n2cc(-c3ccc(Oc4ccccc4)cc3)c3c(Cl)ncnc32)CC1.CC(C)(C)OC(=O)N1CCC(n2cc(-c3ccc(Oc4ccccc4)cc3)c3c(N)ncnc32)CC1.CC(C)(C)OC(=O)N1CCC(n2cc(I)c3c(Cl)ncnc32)CC1.Clc1ncnc2[nH]cc(I)c12.N.O.OB(O)c1ccc(Oc2ccccc2)cc1. The van der Waals surface area contributed by atoms with Crippen LogP contribution in [0.1, 0.15) is 153 Å². The number of anilines is 1. The number of H-pyrrole nitrogens is 1. The van der Waals surface area contributed by atoms with Crippen LogP contribution in [0.2, 0.25) is 15.5 Å². The standard InChI is InChI=1S/C28H29ClN4O3.C28H31N5O3.C16H20ClIN4O2.C12H11BO3.C10H19NO3.C6H3ClIN3.H3N.H2O/c2*1-28(2,3)36-27(34)32-15-13-20(14-16-32)33-17-23(24-25(29)30-18-31-26(24)33)19-9-11-22(12-10-19)35-21-7-5-4-6-8-21;1-16(2,3)24-15(23)21-6-4-10(5-7-21)22-8-11(18)12-13(17)19-9-20-14(12)22;14-13(15)10-6-8-12(9-7-10)16-11-4-2-1-3-5-11;1-10(2,3)14-9(13)11-6-4-8(12)5-7-11;7-5-4-3(8)1-9-6(4)11-2-10-5;;/h4-12,17-18,20H,13-16H2,1-3H3;4-12,17-18,20H,13-16H2,1-3H3,(H2,29,30,31);8-10H,4-7H2,1-3H3;1-9,14-15H;8,12H,4-7H2,1-3H3;1-2H,(H,9,10,11);1H3;1H2. The molecule has 0 radical (unpaired) electrons. The fraction of sp³-hybridized carbons (Fsp3) is 0.360. The second-order valence-electron chi connectivity index (χ2n) is 37.0. The van der Waals surface area contributed by atoms with Gasteiger partial charge in [0, 0.05) is 114 Å². The van der Waals surface area contributed by atoms with Crippen LogP contribution in [0.4, 0.5) is 25.0 Å². The molecule has 4 aliphatic rings. The monoisotopic (exact) mass is 2180 g/mol. The number of carbonyl (C=O) groups is 4. The highest BCUT2D eigenvalue weighted by Crippen LogP contribution is 2.42. The van der Waals surface area contributed by atoms with Crippen molar-refractivity contribution in [3.05, 3.63) is 236 Å². The molecule has 11 N–H and O–H groups in total. The molecular formula is C100H118BCl3I2N18O15. The molecule has 39 heteroatoms. The van der Waals surface area contributed by atoms with Crippen LogP contribution < -0.4 is 31.6 Å². The summed E-state index contributed by atoms with van der Waals surface area (Å²) in [5.41, 5.74) is 12.1. The predicted molar refractivity (Wildman–Crippen MR) is 558 cm³/mol. The fourth-order valence-corrected chi connectivity index (χ4v) is 18.1. The van der Waals surface area contributed by atoms with E-state index in [0.717, 1.165) is 141 Å².